The average molecular weight is 623 g/mol. The van der Waals surface area contributed by atoms with Gasteiger partial charge in [0.25, 0.3) is 5.92 Å². The molecule has 0 fully saturated rings. The lowest BCUT2D eigenvalue weighted by atomic mass is 10.0. The fraction of sp³-hybridized carbons (Fsp3) is 0.438. The zero-order valence-electron chi connectivity index (χ0n) is 25.0. The molecule has 42 heavy (non-hydrogen) atoms. The van der Waals surface area contributed by atoms with E-state index in [0.717, 1.165) is 41.5 Å². The number of hydrogen-bond donors (Lipinski definition) is 3. The van der Waals surface area contributed by atoms with Gasteiger partial charge in [-0.2, -0.15) is 0 Å². The van der Waals surface area contributed by atoms with Crippen LogP contribution in [0.1, 0.15) is 73.9 Å². The van der Waals surface area contributed by atoms with Crippen LogP contribution in [-0.4, -0.2) is 30.5 Å². The van der Waals surface area contributed by atoms with Crippen LogP contribution >= 0.6 is 22.9 Å². The monoisotopic (exact) mass is 622 g/mol. The van der Waals surface area contributed by atoms with Crippen LogP contribution in [0.5, 0.6) is 5.75 Å². The van der Waals surface area contributed by atoms with Crippen molar-refractivity contribution in [2.24, 2.45) is 5.92 Å². The Morgan fingerprint density at radius 1 is 1.10 bits per heavy atom. The minimum absolute atomic E-state index is 0.0314. The van der Waals surface area contributed by atoms with Crippen molar-refractivity contribution in [3.63, 3.8) is 0 Å². The number of carbonyl (C=O) groups is 2. The van der Waals surface area contributed by atoms with Crippen LogP contribution in [0, 0.1) is 12.8 Å². The second-order valence-corrected chi connectivity index (χ2v) is 12.2. The predicted molar refractivity (Wildman–Crippen MR) is 169 cm³/mol. The third-order valence-corrected chi connectivity index (χ3v) is 8.08. The molecule has 6 nitrogen and oxygen atoms in total. The third-order valence-electron chi connectivity index (χ3n) is 6.36. The molecule has 1 heterocycles. The smallest absolute Gasteiger partial charge is 0.303 e. The number of Topliss-reactive ketones (excluding diaryl/α,β-unsaturated/α-hetero) is 1. The van der Waals surface area contributed by atoms with E-state index in [1.807, 2.05) is 31.2 Å². The molecule has 3 aromatic rings. The summed E-state index contributed by atoms with van der Waals surface area (Å²) in [4.78, 5) is 24.1. The number of benzene rings is 2. The molecule has 2 aromatic carbocycles. The van der Waals surface area contributed by atoms with Gasteiger partial charge in [0.1, 0.15) is 11.8 Å². The zero-order chi connectivity index (χ0) is 31.4. The van der Waals surface area contributed by atoms with E-state index in [1.165, 1.54) is 18.3 Å². The van der Waals surface area contributed by atoms with Gasteiger partial charge in [-0.05, 0) is 74.4 Å². The predicted octanol–water partition coefficient (Wildman–Crippen LogP) is 9.12. The number of carbonyl (C=O) groups excluding carboxylic acids is 1. The van der Waals surface area contributed by atoms with E-state index in [0.29, 0.717) is 35.3 Å². The second-order valence-electron chi connectivity index (χ2n) is 10.7. The van der Waals surface area contributed by atoms with Crippen LogP contribution in [0.3, 0.4) is 0 Å². The molecule has 0 saturated heterocycles. The first-order valence-electron chi connectivity index (χ1n) is 13.8. The van der Waals surface area contributed by atoms with Crippen molar-refractivity contribution in [3.8, 4) is 5.75 Å². The van der Waals surface area contributed by atoms with Crippen molar-refractivity contribution < 1.29 is 28.2 Å². The van der Waals surface area contributed by atoms with Crippen LogP contribution in [0.25, 0.3) is 0 Å². The molecule has 3 rings (SSSR count). The third kappa shape index (κ3) is 12.0. The maximum atomic E-state index is 13.1. The number of methoxy groups -OCH3 is 1. The summed E-state index contributed by atoms with van der Waals surface area (Å²) in [5.74, 6) is -2.30. The largest absolute Gasteiger partial charge is 0.497 e. The number of carboxylic acid groups (broad SMARTS) is 1. The Kier molecular flexibility index (Phi) is 13.7. The quantitative estimate of drug-likeness (QED) is 0.155. The van der Waals surface area contributed by atoms with Crippen LogP contribution < -0.4 is 15.4 Å². The van der Waals surface area contributed by atoms with Gasteiger partial charge in [-0.1, -0.05) is 37.6 Å². The number of hydrogen-bond acceptors (Lipinski definition) is 6. The summed E-state index contributed by atoms with van der Waals surface area (Å²) in [5, 5.41) is 15.7. The van der Waals surface area contributed by atoms with Crippen molar-refractivity contribution >= 4 is 46.1 Å². The van der Waals surface area contributed by atoms with Crippen LogP contribution in [0.2, 0.25) is 5.02 Å². The molecule has 0 amide bonds. The molecular weight excluding hydrogens is 582 g/mol. The van der Waals surface area contributed by atoms with Crippen molar-refractivity contribution in [1.29, 1.82) is 0 Å². The Morgan fingerprint density at radius 2 is 1.74 bits per heavy atom. The van der Waals surface area contributed by atoms with E-state index >= 15 is 0 Å². The lowest BCUT2D eigenvalue weighted by molar-refractivity contribution is -0.137. The molecule has 1 atom stereocenters. The molecule has 10 heteroatoms. The normalized spacial score (nSPS) is 11.9. The van der Waals surface area contributed by atoms with Crippen molar-refractivity contribution in [1.82, 2.24) is 0 Å². The number of thiophene rings is 1. The van der Waals surface area contributed by atoms with Crippen molar-refractivity contribution in [3.05, 3.63) is 74.4 Å². The van der Waals surface area contributed by atoms with Gasteiger partial charge in [0.2, 0.25) is 0 Å². The van der Waals surface area contributed by atoms with Gasteiger partial charge in [-0.25, -0.2) is 8.78 Å². The maximum absolute atomic E-state index is 13.1. The summed E-state index contributed by atoms with van der Waals surface area (Å²) in [7, 11) is 1.56. The fourth-order valence-corrected chi connectivity index (χ4v) is 5.27. The Bertz CT molecular complexity index is 1310. The Morgan fingerprint density at radius 3 is 2.26 bits per heavy atom. The Balaban J connectivity index is 0.000000347. The molecule has 0 aliphatic heterocycles. The summed E-state index contributed by atoms with van der Waals surface area (Å²) in [6.45, 7) is 9.23. The minimum atomic E-state index is -2.69. The van der Waals surface area contributed by atoms with E-state index < -0.39 is 17.9 Å². The van der Waals surface area contributed by atoms with Gasteiger partial charge in [0, 0.05) is 53.3 Å². The number of ketones is 1. The van der Waals surface area contributed by atoms with Gasteiger partial charge in [-0.15, -0.1) is 11.3 Å². The number of rotatable bonds is 14. The highest BCUT2D eigenvalue weighted by molar-refractivity contribution is 7.12. The van der Waals surface area contributed by atoms with E-state index in [1.54, 1.807) is 31.4 Å². The molecule has 0 bridgehead atoms. The number of aryl methyl sites for hydroxylation is 2. The minimum Gasteiger partial charge on any atom is -0.497 e. The first kappa shape index (κ1) is 35.0. The van der Waals surface area contributed by atoms with Crippen LogP contribution in [-0.2, 0) is 21.9 Å². The zero-order valence-corrected chi connectivity index (χ0v) is 26.6. The summed E-state index contributed by atoms with van der Waals surface area (Å²) < 4.78 is 31.4. The Hall–Kier alpha value is -3.17. The topological polar surface area (TPSA) is 87.7 Å². The summed E-state index contributed by atoms with van der Waals surface area (Å²) in [5.41, 5.74) is 3.31. The standard InChI is InChI=1S/C20H23ClN2O4.C12H18F2S/c1-13(24)20(14-5-7-15(21)8-6-14)23-17-10-16(11-18(12-17)27-2)22-9-3-4-19(25)26;1-8(2)5-6-10-9(3)7-11(15-10)12(4,13)14/h5-8,10-12,20,22-23H,3-4,9H2,1-2H3,(H,25,26);7-8H,5-6H2,1-4H3. The lowest BCUT2D eigenvalue weighted by Crippen LogP contribution is -2.18. The van der Waals surface area contributed by atoms with Gasteiger partial charge in [-0.3, -0.25) is 9.59 Å². The molecule has 0 spiro atoms. The summed E-state index contributed by atoms with van der Waals surface area (Å²) in [6.07, 6.45) is 2.60. The summed E-state index contributed by atoms with van der Waals surface area (Å²) in [6, 6.07) is 13.7. The van der Waals surface area contributed by atoms with Crippen molar-refractivity contribution in [2.75, 3.05) is 24.3 Å². The molecule has 0 aliphatic rings. The van der Waals surface area contributed by atoms with Crippen LogP contribution in [0.15, 0.2) is 48.5 Å². The van der Waals surface area contributed by atoms with Gasteiger partial charge >= 0.3 is 5.97 Å². The van der Waals surface area contributed by atoms with E-state index in [2.05, 4.69) is 24.5 Å². The SMILES string of the molecule is COc1cc(NCCCC(=O)O)cc(NC(C(C)=O)c2ccc(Cl)cc2)c1.Cc1cc(C(C)(F)F)sc1CCC(C)C. The van der Waals surface area contributed by atoms with Gasteiger partial charge < -0.3 is 20.5 Å². The lowest BCUT2D eigenvalue weighted by Gasteiger charge is -2.19. The number of carboxylic acids is 1. The van der Waals surface area contributed by atoms with E-state index in [9.17, 15) is 18.4 Å². The molecule has 1 unspecified atom stereocenters. The van der Waals surface area contributed by atoms with E-state index in [-0.39, 0.29) is 17.1 Å². The Labute approximate surface area is 256 Å². The summed E-state index contributed by atoms with van der Waals surface area (Å²) >= 11 is 7.19. The molecule has 0 radical (unpaired) electrons. The van der Waals surface area contributed by atoms with Crippen molar-refractivity contribution in [2.45, 2.75) is 72.3 Å². The molecule has 230 valence electrons. The molecular formula is C32H41ClF2N2O4S. The molecule has 3 N–H and O–H groups in total. The first-order valence-corrected chi connectivity index (χ1v) is 15.0. The van der Waals surface area contributed by atoms with E-state index in [4.69, 9.17) is 21.4 Å². The highest BCUT2D eigenvalue weighted by Gasteiger charge is 2.27. The fourth-order valence-electron chi connectivity index (χ4n) is 4.02. The molecule has 0 saturated carbocycles. The highest BCUT2D eigenvalue weighted by atomic mass is 35.5. The highest BCUT2D eigenvalue weighted by Crippen LogP contribution is 2.36. The van der Waals surface area contributed by atoms with Crippen LogP contribution in [0.4, 0.5) is 20.2 Å². The first-order chi connectivity index (χ1) is 19.7. The number of alkyl halides is 2. The maximum Gasteiger partial charge on any atom is 0.303 e. The number of anilines is 2. The number of ether oxygens (including phenoxy) is 1. The van der Waals surface area contributed by atoms with Gasteiger partial charge in [0.05, 0.1) is 12.0 Å². The molecule has 0 aliphatic carbocycles. The number of aliphatic carboxylic acids is 1. The number of halogens is 3. The second kappa shape index (κ2) is 16.5. The molecule has 1 aromatic heterocycles. The van der Waals surface area contributed by atoms with Gasteiger partial charge in [0.15, 0.2) is 5.78 Å². The average Bonchev–Trinajstić information content (AvgIpc) is 3.30. The number of nitrogens with one attached hydrogen (secondary N) is 2.